The predicted octanol–water partition coefficient (Wildman–Crippen LogP) is 6.22. The van der Waals surface area contributed by atoms with Crippen molar-refractivity contribution in [3.63, 3.8) is 0 Å². The zero-order valence-electron chi connectivity index (χ0n) is 22.8. The van der Waals surface area contributed by atoms with Gasteiger partial charge in [-0.1, -0.05) is 78.9 Å². The Kier molecular flexibility index (Phi) is 9.03. The van der Waals surface area contributed by atoms with Crippen LogP contribution in [0.15, 0.2) is 97.3 Å². The van der Waals surface area contributed by atoms with Crippen LogP contribution in [0.4, 0.5) is 0 Å². The summed E-state index contributed by atoms with van der Waals surface area (Å²) in [6.07, 6.45) is 6.14. The van der Waals surface area contributed by atoms with Gasteiger partial charge >= 0.3 is 0 Å². The highest BCUT2D eigenvalue weighted by atomic mass is 16.5. The molecular weight excluding hydrogens is 472 g/mol. The van der Waals surface area contributed by atoms with Crippen molar-refractivity contribution in [3.8, 4) is 5.75 Å². The zero-order chi connectivity index (χ0) is 27.0. The third kappa shape index (κ3) is 6.35. The molecule has 4 rings (SSSR count). The molecular formula is C33H40N2O3. The van der Waals surface area contributed by atoms with E-state index in [4.69, 9.17) is 15.2 Å². The van der Waals surface area contributed by atoms with Crippen LogP contribution in [0.2, 0.25) is 0 Å². The van der Waals surface area contributed by atoms with Crippen molar-refractivity contribution in [2.45, 2.75) is 63.7 Å². The number of benzene rings is 3. The van der Waals surface area contributed by atoms with Gasteiger partial charge in [0.2, 0.25) is 5.91 Å². The molecule has 0 spiro atoms. The minimum Gasteiger partial charge on any atom is -0.465 e. The molecule has 5 nitrogen and oxygen atoms in total. The molecule has 2 N–H and O–H groups in total. The molecule has 0 saturated carbocycles. The average molecular weight is 513 g/mol. The van der Waals surface area contributed by atoms with E-state index < -0.39 is 5.41 Å². The number of hydrogen-bond acceptors (Lipinski definition) is 4. The van der Waals surface area contributed by atoms with Crippen LogP contribution in [0.3, 0.4) is 0 Å². The van der Waals surface area contributed by atoms with Crippen LogP contribution in [0.1, 0.15) is 56.7 Å². The summed E-state index contributed by atoms with van der Waals surface area (Å²) in [5.74, 6) is 0.502. The summed E-state index contributed by atoms with van der Waals surface area (Å²) in [7, 11) is 0. The highest BCUT2D eigenvalue weighted by molar-refractivity contribution is 5.90. The van der Waals surface area contributed by atoms with Crippen LogP contribution in [0, 0.1) is 0 Å². The van der Waals surface area contributed by atoms with E-state index >= 15 is 0 Å². The van der Waals surface area contributed by atoms with E-state index in [1.165, 1.54) is 0 Å². The van der Waals surface area contributed by atoms with Crippen LogP contribution >= 0.6 is 0 Å². The summed E-state index contributed by atoms with van der Waals surface area (Å²) >= 11 is 0. The summed E-state index contributed by atoms with van der Waals surface area (Å²) in [4.78, 5) is 15.7. The number of nitrogens with zero attached hydrogens (tertiary/aromatic N) is 1. The fraction of sp³-hybridized carbons (Fsp3) is 0.364. The molecule has 5 heteroatoms. The number of ether oxygens (including phenoxy) is 2. The third-order valence-electron chi connectivity index (χ3n) is 7.79. The summed E-state index contributed by atoms with van der Waals surface area (Å²) in [5, 5.41) is 0. The Bertz CT molecular complexity index is 1170. The van der Waals surface area contributed by atoms with E-state index in [1.807, 2.05) is 91.9 Å². The molecule has 1 saturated heterocycles. The normalized spacial score (nSPS) is 16.7. The molecule has 1 atom stereocenters. The average Bonchev–Trinajstić information content (AvgIpc) is 3.43. The van der Waals surface area contributed by atoms with Gasteiger partial charge < -0.3 is 15.2 Å². The van der Waals surface area contributed by atoms with Gasteiger partial charge in [0.1, 0.15) is 5.75 Å². The monoisotopic (exact) mass is 512 g/mol. The summed E-state index contributed by atoms with van der Waals surface area (Å²) in [6.45, 7) is 8.83. The molecule has 0 unspecified atom stereocenters. The largest absolute Gasteiger partial charge is 0.465 e. The Hall–Kier alpha value is -3.41. The lowest BCUT2D eigenvalue weighted by Crippen LogP contribution is -2.47. The van der Waals surface area contributed by atoms with Gasteiger partial charge in [-0.3, -0.25) is 9.69 Å². The SMILES string of the molecule is CC=COc1cccc(CO[C@@H]2CCN(C(C)(C)CCC(C(N)=O)(c3ccccc3)c3ccccc3)C2)c1. The smallest absolute Gasteiger partial charge is 0.232 e. The maximum Gasteiger partial charge on any atom is 0.232 e. The number of rotatable bonds is 12. The highest BCUT2D eigenvalue weighted by Gasteiger charge is 2.43. The Morgan fingerprint density at radius 2 is 1.63 bits per heavy atom. The summed E-state index contributed by atoms with van der Waals surface area (Å²) in [6, 6.07) is 27.9. The first-order valence-electron chi connectivity index (χ1n) is 13.5. The van der Waals surface area contributed by atoms with Crippen LogP contribution in [0.25, 0.3) is 0 Å². The number of hydrogen-bond donors (Lipinski definition) is 1. The predicted molar refractivity (Wildman–Crippen MR) is 153 cm³/mol. The van der Waals surface area contributed by atoms with E-state index in [0.717, 1.165) is 48.4 Å². The van der Waals surface area contributed by atoms with Crippen molar-refractivity contribution in [2.75, 3.05) is 13.1 Å². The van der Waals surface area contributed by atoms with E-state index in [0.29, 0.717) is 13.0 Å². The molecule has 0 bridgehead atoms. The molecule has 1 aliphatic rings. The van der Waals surface area contributed by atoms with Gasteiger partial charge in [0.05, 0.1) is 24.4 Å². The number of allylic oxidation sites excluding steroid dienone is 1. The molecule has 1 aliphatic heterocycles. The minimum atomic E-state index is -0.879. The Labute approximate surface area is 227 Å². The van der Waals surface area contributed by atoms with Gasteiger partial charge in [-0.2, -0.15) is 0 Å². The van der Waals surface area contributed by atoms with Crippen LogP contribution < -0.4 is 10.5 Å². The molecule has 0 radical (unpaired) electrons. The van der Waals surface area contributed by atoms with Gasteiger partial charge in [-0.25, -0.2) is 0 Å². The molecule has 3 aromatic carbocycles. The molecule has 0 aliphatic carbocycles. The first kappa shape index (κ1) is 27.6. The first-order chi connectivity index (χ1) is 18.3. The number of nitrogens with two attached hydrogens (primary N) is 1. The Morgan fingerprint density at radius 3 is 2.24 bits per heavy atom. The highest BCUT2D eigenvalue weighted by Crippen LogP contribution is 2.40. The maximum atomic E-state index is 13.2. The lowest BCUT2D eigenvalue weighted by molar-refractivity contribution is -0.122. The van der Waals surface area contributed by atoms with Gasteiger partial charge in [-0.15, -0.1) is 0 Å². The second-order valence-corrected chi connectivity index (χ2v) is 10.7. The first-order valence-corrected chi connectivity index (χ1v) is 13.5. The quantitative estimate of drug-likeness (QED) is 0.293. The molecule has 3 aromatic rings. The Balaban J connectivity index is 1.43. The number of amides is 1. The van der Waals surface area contributed by atoms with Crippen LogP contribution in [-0.4, -0.2) is 35.5 Å². The number of primary amides is 1. The maximum absolute atomic E-state index is 13.2. The van der Waals surface area contributed by atoms with E-state index in [9.17, 15) is 4.79 Å². The second-order valence-electron chi connectivity index (χ2n) is 10.7. The molecule has 1 heterocycles. The van der Waals surface area contributed by atoms with Gasteiger partial charge in [0.15, 0.2) is 0 Å². The van der Waals surface area contributed by atoms with E-state index in [-0.39, 0.29) is 17.6 Å². The lowest BCUT2D eigenvalue weighted by atomic mass is 9.69. The standard InChI is InChI=1S/C33H40N2O3/c1-4-22-37-29-17-11-12-26(23-29)25-38-30-18-21-35(24-30)32(2,3)19-20-33(31(34)36,27-13-7-5-8-14-27)28-15-9-6-10-16-28/h4-17,22-23,30H,18-21,24-25H2,1-3H3,(H2,34,36)/t30-/m1/s1. The van der Waals surface area contributed by atoms with Gasteiger partial charge in [0, 0.05) is 18.6 Å². The lowest BCUT2D eigenvalue weighted by Gasteiger charge is -2.40. The van der Waals surface area contributed by atoms with E-state index in [1.54, 1.807) is 6.26 Å². The minimum absolute atomic E-state index is 0.122. The summed E-state index contributed by atoms with van der Waals surface area (Å²) < 4.78 is 11.9. The fourth-order valence-electron chi connectivity index (χ4n) is 5.44. The van der Waals surface area contributed by atoms with Crippen molar-refractivity contribution in [2.24, 2.45) is 5.73 Å². The second kappa shape index (κ2) is 12.4. The zero-order valence-corrected chi connectivity index (χ0v) is 22.8. The van der Waals surface area contributed by atoms with E-state index in [2.05, 4.69) is 24.8 Å². The van der Waals surface area contributed by atoms with Crippen molar-refractivity contribution in [1.29, 1.82) is 0 Å². The number of likely N-dealkylation sites (tertiary alicyclic amines) is 1. The van der Waals surface area contributed by atoms with Crippen molar-refractivity contribution < 1.29 is 14.3 Å². The number of carbonyl (C=O) groups excluding carboxylic acids is 1. The molecule has 200 valence electrons. The van der Waals surface area contributed by atoms with Crippen LogP contribution in [0.5, 0.6) is 5.75 Å². The molecule has 38 heavy (non-hydrogen) atoms. The fourth-order valence-corrected chi connectivity index (χ4v) is 5.44. The molecule has 1 fully saturated rings. The molecule has 0 aromatic heterocycles. The Morgan fingerprint density at radius 1 is 0.974 bits per heavy atom. The van der Waals surface area contributed by atoms with Gasteiger partial charge in [-0.05, 0) is 68.9 Å². The van der Waals surface area contributed by atoms with Crippen molar-refractivity contribution in [1.82, 2.24) is 4.90 Å². The molecule has 1 amide bonds. The van der Waals surface area contributed by atoms with Crippen LogP contribution in [-0.2, 0) is 21.6 Å². The third-order valence-corrected chi connectivity index (χ3v) is 7.79. The van der Waals surface area contributed by atoms with Crippen molar-refractivity contribution >= 4 is 5.91 Å². The van der Waals surface area contributed by atoms with Crippen molar-refractivity contribution in [3.05, 3.63) is 114 Å². The number of carbonyl (C=O) groups is 1. The topological polar surface area (TPSA) is 64.8 Å². The summed E-state index contributed by atoms with van der Waals surface area (Å²) in [5.41, 5.74) is 8.17. The van der Waals surface area contributed by atoms with Gasteiger partial charge in [0.25, 0.3) is 0 Å².